The smallest absolute Gasteiger partial charge is 0.191 e. The van der Waals surface area contributed by atoms with Crippen LogP contribution in [-0.2, 0) is 6.54 Å². The van der Waals surface area contributed by atoms with Gasteiger partial charge in [0.2, 0.25) is 0 Å². The molecular formula is C19H31ClN4. The number of likely N-dealkylation sites (tertiary alicyclic amines) is 1. The van der Waals surface area contributed by atoms with E-state index in [4.69, 9.17) is 11.6 Å². The van der Waals surface area contributed by atoms with E-state index in [9.17, 15) is 0 Å². The van der Waals surface area contributed by atoms with Crippen LogP contribution in [0.5, 0.6) is 0 Å². The van der Waals surface area contributed by atoms with Crippen LogP contribution in [0.1, 0.15) is 44.6 Å². The highest BCUT2D eigenvalue weighted by Gasteiger charge is 2.16. The van der Waals surface area contributed by atoms with Gasteiger partial charge in [0, 0.05) is 31.2 Å². The summed E-state index contributed by atoms with van der Waals surface area (Å²) in [6.45, 7) is 6.48. The van der Waals surface area contributed by atoms with Gasteiger partial charge in [0.15, 0.2) is 5.96 Å². The second kappa shape index (κ2) is 10.6. The van der Waals surface area contributed by atoms with E-state index in [0.717, 1.165) is 35.6 Å². The summed E-state index contributed by atoms with van der Waals surface area (Å²) >= 11 is 6.18. The monoisotopic (exact) mass is 350 g/mol. The molecule has 1 aliphatic rings. The van der Waals surface area contributed by atoms with E-state index in [1.807, 2.05) is 24.3 Å². The third-order valence-electron chi connectivity index (χ3n) is 4.73. The van der Waals surface area contributed by atoms with Gasteiger partial charge in [-0.2, -0.15) is 0 Å². The van der Waals surface area contributed by atoms with Gasteiger partial charge in [-0.1, -0.05) is 36.2 Å². The van der Waals surface area contributed by atoms with Gasteiger partial charge in [0.25, 0.3) is 0 Å². The van der Waals surface area contributed by atoms with Crippen molar-refractivity contribution >= 4 is 17.6 Å². The molecule has 1 aromatic carbocycles. The fourth-order valence-corrected chi connectivity index (χ4v) is 3.38. The van der Waals surface area contributed by atoms with Gasteiger partial charge < -0.3 is 15.5 Å². The first-order chi connectivity index (χ1) is 11.7. The molecule has 1 aromatic rings. The Balaban J connectivity index is 1.61. The fourth-order valence-electron chi connectivity index (χ4n) is 3.18. The zero-order valence-electron chi connectivity index (χ0n) is 15.0. The van der Waals surface area contributed by atoms with Crippen molar-refractivity contribution in [3.8, 4) is 0 Å². The average Bonchev–Trinajstić information content (AvgIpc) is 2.60. The molecule has 5 heteroatoms. The third-order valence-corrected chi connectivity index (χ3v) is 5.10. The molecule has 1 atom stereocenters. The van der Waals surface area contributed by atoms with Crippen LogP contribution in [0.25, 0.3) is 0 Å². The molecule has 0 aliphatic carbocycles. The van der Waals surface area contributed by atoms with Crippen LogP contribution in [0.4, 0.5) is 0 Å². The van der Waals surface area contributed by atoms with Crippen LogP contribution in [0.2, 0.25) is 5.02 Å². The number of unbranched alkanes of at least 4 members (excludes halogenated alkanes) is 1. The number of guanidine groups is 1. The van der Waals surface area contributed by atoms with Gasteiger partial charge in [0.1, 0.15) is 0 Å². The van der Waals surface area contributed by atoms with E-state index in [1.165, 1.54) is 38.8 Å². The molecular weight excluding hydrogens is 320 g/mol. The van der Waals surface area contributed by atoms with Crippen molar-refractivity contribution in [3.05, 3.63) is 34.9 Å². The first-order valence-electron chi connectivity index (χ1n) is 9.12. The van der Waals surface area contributed by atoms with Crippen molar-refractivity contribution in [2.24, 2.45) is 4.99 Å². The largest absolute Gasteiger partial charge is 0.356 e. The fraction of sp³-hybridized carbons (Fsp3) is 0.632. The van der Waals surface area contributed by atoms with E-state index >= 15 is 0 Å². The summed E-state index contributed by atoms with van der Waals surface area (Å²) < 4.78 is 0. The van der Waals surface area contributed by atoms with Crippen LogP contribution in [0, 0.1) is 0 Å². The first-order valence-corrected chi connectivity index (χ1v) is 9.50. The highest BCUT2D eigenvalue weighted by molar-refractivity contribution is 6.31. The summed E-state index contributed by atoms with van der Waals surface area (Å²) in [7, 11) is 1.80. The standard InChI is InChI=1S/C19H31ClN4/c1-16-9-5-7-13-24(16)14-8-6-12-22-19(21-2)23-15-17-10-3-4-11-18(17)20/h3-4,10-11,16H,5-9,12-15H2,1-2H3,(H2,21,22,23). The Morgan fingerprint density at radius 3 is 2.83 bits per heavy atom. The predicted molar refractivity (Wildman–Crippen MR) is 104 cm³/mol. The minimum atomic E-state index is 0.685. The number of benzene rings is 1. The second-order valence-corrected chi connectivity index (χ2v) is 6.94. The highest BCUT2D eigenvalue weighted by Crippen LogP contribution is 2.16. The molecule has 2 N–H and O–H groups in total. The Bertz CT molecular complexity index is 518. The van der Waals surface area contributed by atoms with Gasteiger partial charge >= 0.3 is 0 Å². The Morgan fingerprint density at radius 2 is 2.08 bits per heavy atom. The van der Waals surface area contributed by atoms with E-state index < -0.39 is 0 Å². The van der Waals surface area contributed by atoms with Crippen molar-refractivity contribution in [3.63, 3.8) is 0 Å². The third kappa shape index (κ3) is 6.33. The van der Waals surface area contributed by atoms with Crippen molar-refractivity contribution in [2.45, 2.75) is 51.6 Å². The molecule has 1 unspecified atom stereocenters. The Morgan fingerprint density at radius 1 is 1.25 bits per heavy atom. The maximum absolute atomic E-state index is 6.18. The van der Waals surface area contributed by atoms with Gasteiger partial charge in [0.05, 0.1) is 0 Å². The SMILES string of the molecule is CN=C(NCCCCN1CCCCC1C)NCc1ccccc1Cl. The minimum Gasteiger partial charge on any atom is -0.356 e. The molecule has 0 saturated carbocycles. The topological polar surface area (TPSA) is 39.7 Å². The molecule has 0 amide bonds. The Labute approximate surface area is 151 Å². The van der Waals surface area contributed by atoms with Crippen molar-refractivity contribution in [1.82, 2.24) is 15.5 Å². The summed E-state index contributed by atoms with van der Waals surface area (Å²) in [4.78, 5) is 6.91. The van der Waals surface area contributed by atoms with Crippen LogP contribution in [-0.4, -0.2) is 43.6 Å². The molecule has 1 fully saturated rings. The van der Waals surface area contributed by atoms with Crippen molar-refractivity contribution < 1.29 is 0 Å². The minimum absolute atomic E-state index is 0.685. The zero-order chi connectivity index (χ0) is 17.2. The lowest BCUT2D eigenvalue weighted by molar-refractivity contribution is 0.158. The van der Waals surface area contributed by atoms with E-state index in [-0.39, 0.29) is 0 Å². The highest BCUT2D eigenvalue weighted by atomic mass is 35.5. The number of halogens is 1. The number of hydrogen-bond acceptors (Lipinski definition) is 2. The average molecular weight is 351 g/mol. The predicted octanol–water partition coefficient (Wildman–Crippen LogP) is 3.66. The summed E-state index contributed by atoms with van der Waals surface area (Å²) in [5.41, 5.74) is 1.08. The van der Waals surface area contributed by atoms with Crippen LogP contribution in [0.3, 0.4) is 0 Å². The molecule has 0 radical (unpaired) electrons. The first kappa shape index (κ1) is 19.1. The molecule has 0 spiro atoms. The maximum Gasteiger partial charge on any atom is 0.191 e. The molecule has 2 rings (SSSR count). The molecule has 1 heterocycles. The molecule has 0 aromatic heterocycles. The van der Waals surface area contributed by atoms with Crippen LogP contribution >= 0.6 is 11.6 Å². The summed E-state index contributed by atoms with van der Waals surface area (Å²) in [6.07, 6.45) is 6.51. The van der Waals surface area contributed by atoms with Crippen molar-refractivity contribution in [1.29, 1.82) is 0 Å². The van der Waals surface area contributed by atoms with E-state index in [0.29, 0.717) is 6.54 Å². The Kier molecular flexibility index (Phi) is 8.40. The molecule has 1 saturated heterocycles. The van der Waals surface area contributed by atoms with Crippen LogP contribution < -0.4 is 10.6 Å². The van der Waals surface area contributed by atoms with Crippen LogP contribution in [0.15, 0.2) is 29.3 Å². The number of rotatable bonds is 7. The van der Waals surface area contributed by atoms with Gasteiger partial charge in [-0.25, -0.2) is 0 Å². The molecule has 24 heavy (non-hydrogen) atoms. The number of nitrogens with zero attached hydrogens (tertiary/aromatic N) is 2. The number of hydrogen-bond donors (Lipinski definition) is 2. The number of piperidine rings is 1. The Hall–Kier alpha value is -1.26. The lowest BCUT2D eigenvalue weighted by atomic mass is 10.0. The summed E-state index contributed by atoms with van der Waals surface area (Å²) in [5.74, 6) is 0.835. The lowest BCUT2D eigenvalue weighted by Gasteiger charge is -2.33. The number of aliphatic imine (C=N–C) groups is 1. The molecule has 0 bridgehead atoms. The quantitative estimate of drug-likeness (QED) is 0.448. The van der Waals surface area contributed by atoms with Gasteiger partial charge in [-0.15, -0.1) is 0 Å². The summed E-state index contributed by atoms with van der Waals surface area (Å²) in [5, 5.41) is 7.49. The van der Waals surface area contributed by atoms with E-state index in [2.05, 4.69) is 27.4 Å². The second-order valence-electron chi connectivity index (χ2n) is 6.53. The lowest BCUT2D eigenvalue weighted by Crippen LogP contribution is -2.39. The summed E-state index contributed by atoms with van der Waals surface area (Å²) in [6, 6.07) is 8.65. The van der Waals surface area contributed by atoms with Crippen molar-refractivity contribution in [2.75, 3.05) is 26.7 Å². The number of nitrogens with one attached hydrogen (secondary N) is 2. The molecule has 134 valence electrons. The van der Waals surface area contributed by atoms with E-state index in [1.54, 1.807) is 7.05 Å². The zero-order valence-corrected chi connectivity index (χ0v) is 15.8. The molecule has 1 aliphatic heterocycles. The normalized spacial score (nSPS) is 19.3. The molecule has 4 nitrogen and oxygen atoms in total. The van der Waals surface area contributed by atoms with Gasteiger partial charge in [-0.3, -0.25) is 4.99 Å². The maximum atomic E-state index is 6.18. The van der Waals surface area contributed by atoms with Gasteiger partial charge in [-0.05, 0) is 57.3 Å².